The van der Waals surface area contributed by atoms with Crippen LogP contribution in [0.3, 0.4) is 0 Å². The summed E-state index contributed by atoms with van der Waals surface area (Å²) in [6, 6.07) is 50.3. The molecule has 6 aromatic carbocycles. The number of nitrogens with zero attached hydrogens (tertiary/aromatic N) is 3. The molecule has 7 aromatic rings. The second kappa shape index (κ2) is 43.9. The van der Waals surface area contributed by atoms with Crippen molar-refractivity contribution >= 4 is 85.6 Å². The fraction of sp³-hybridized carbons (Fsp3) is 0.506. The monoisotopic (exact) mass is 1720 g/mol. The van der Waals surface area contributed by atoms with Crippen molar-refractivity contribution in [3.05, 3.63) is 173 Å². The first kappa shape index (κ1) is 92.6. The van der Waals surface area contributed by atoms with E-state index < -0.39 is 21.3 Å². The Balaban J connectivity index is 0.000000232. The number of allylic oxidation sites excluding steroid dienone is 1. The van der Waals surface area contributed by atoms with E-state index in [1.54, 1.807) is 15.1 Å². The zero-order valence-corrected chi connectivity index (χ0v) is 73.3. The summed E-state index contributed by atoms with van der Waals surface area (Å²) in [6.07, 6.45) is 18.2. The van der Waals surface area contributed by atoms with Crippen LogP contribution < -0.4 is 25.8 Å². The molecular formula is C89H122BrN5O13PPdS-. The van der Waals surface area contributed by atoms with Crippen LogP contribution in [0.2, 0.25) is 0 Å². The first-order valence-electron chi connectivity index (χ1n) is 39.1. The van der Waals surface area contributed by atoms with Crippen LogP contribution in [0.15, 0.2) is 150 Å². The summed E-state index contributed by atoms with van der Waals surface area (Å²) < 4.78 is 62.8. The summed E-state index contributed by atoms with van der Waals surface area (Å²) in [5.74, 6) is 2.03. The van der Waals surface area contributed by atoms with Gasteiger partial charge >= 0.3 is 24.1 Å². The summed E-state index contributed by atoms with van der Waals surface area (Å²) in [7, 11) is -1.07. The predicted octanol–water partition coefficient (Wildman–Crippen LogP) is 20.9. The van der Waals surface area contributed by atoms with Crippen molar-refractivity contribution in [3.8, 4) is 33.8 Å². The van der Waals surface area contributed by atoms with E-state index in [0.717, 1.165) is 103 Å². The fourth-order valence-electron chi connectivity index (χ4n) is 15.2. The third-order valence-electron chi connectivity index (χ3n) is 20.1. The number of anilines is 1. The Bertz CT molecular complexity index is 4210. The molecule has 0 spiro atoms. The van der Waals surface area contributed by atoms with Gasteiger partial charge in [0.05, 0.1) is 49.4 Å². The number of carbonyl (C=O) groups is 4. The summed E-state index contributed by atoms with van der Waals surface area (Å²) in [5, 5.41) is 6.02. The number of halogens is 1. The average Bonchev–Trinajstić information content (AvgIpc) is 1.59. The summed E-state index contributed by atoms with van der Waals surface area (Å²) >= 11 is 3.53. The number of hydrogen-bond donors (Lipinski definition) is 3. The molecule has 2 aliphatic heterocycles. The number of benzene rings is 6. The van der Waals surface area contributed by atoms with Crippen molar-refractivity contribution in [1.29, 1.82) is 0 Å². The van der Waals surface area contributed by atoms with Crippen LogP contribution in [0.1, 0.15) is 208 Å². The molecule has 610 valence electrons. The minimum absolute atomic E-state index is 0. The predicted molar refractivity (Wildman–Crippen MR) is 451 cm³/mol. The van der Waals surface area contributed by atoms with Gasteiger partial charge in [-0.25, -0.2) is 19.2 Å². The Kier molecular flexibility index (Phi) is 36.6. The first-order valence-corrected chi connectivity index (χ1v) is 43.2. The molecule has 4 fully saturated rings. The number of methoxy groups -OCH3 is 2. The Hall–Kier alpha value is -7.24. The van der Waals surface area contributed by atoms with Gasteiger partial charge in [-0.3, -0.25) is 4.55 Å². The number of piperidine rings is 2. The van der Waals surface area contributed by atoms with Crippen molar-refractivity contribution in [3.63, 3.8) is 0 Å². The van der Waals surface area contributed by atoms with Crippen LogP contribution in [0.4, 0.5) is 15.3 Å². The molecule has 11 rings (SSSR count). The number of carbonyl (C=O) groups excluding carboxylic acids is 4. The minimum atomic E-state index is -3.67. The molecule has 4 N–H and O–H groups in total. The number of likely N-dealkylation sites (tertiary alicyclic amines) is 2. The smallest absolute Gasteiger partial charge is 0.410 e. The summed E-state index contributed by atoms with van der Waals surface area (Å²) in [4.78, 5) is 53.1. The van der Waals surface area contributed by atoms with Crippen molar-refractivity contribution in [2.45, 2.75) is 234 Å². The van der Waals surface area contributed by atoms with E-state index in [9.17, 15) is 27.6 Å². The summed E-state index contributed by atoms with van der Waals surface area (Å²) in [5.41, 5.74) is 16.7. The number of nitrogens with one attached hydrogen (secondary N) is 1. The van der Waals surface area contributed by atoms with Crippen molar-refractivity contribution in [2.24, 2.45) is 11.8 Å². The Morgan fingerprint density at radius 1 is 0.613 bits per heavy atom. The maximum Gasteiger partial charge on any atom is 0.410 e. The average molecular weight is 1720 g/mol. The molecule has 2 unspecified atom stereocenters. The molecule has 2 atom stereocenters. The number of rotatable bonds is 17. The Labute approximate surface area is 685 Å². The quantitative estimate of drug-likeness (QED) is 0.0113. The van der Waals surface area contributed by atoms with Crippen LogP contribution >= 0.6 is 23.9 Å². The van der Waals surface area contributed by atoms with Gasteiger partial charge in [0, 0.05) is 91.0 Å². The van der Waals surface area contributed by atoms with Crippen molar-refractivity contribution < 1.29 is 81.0 Å². The van der Waals surface area contributed by atoms with E-state index in [-0.39, 0.29) is 76.8 Å². The zero-order chi connectivity index (χ0) is 80.6. The Morgan fingerprint density at radius 3 is 1.56 bits per heavy atom. The van der Waals surface area contributed by atoms with E-state index >= 15 is 0 Å². The zero-order valence-electron chi connectivity index (χ0n) is 68.4. The van der Waals surface area contributed by atoms with Gasteiger partial charge < -0.3 is 53.8 Å². The number of amides is 2. The molecule has 0 bridgehead atoms. The van der Waals surface area contributed by atoms with Gasteiger partial charge in [-0.05, 0) is 218 Å². The molecule has 3 heterocycles. The van der Waals surface area contributed by atoms with Crippen LogP contribution in [0.25, 0.3) is 38.7 Å². The van der Waals surface area contributed by atoms with Gasteiger partial charge in [0.25, 0.3) is 10.1 Å². The SMILES string of the molecule is CC(C)Oc1cccc(OC(C)C)c1-c1ccccc1P(C1CCCCC1)C1CCCCC1.COC(=O)/C(=C(/C)NC(C)C1CCN(C(=O)OC(C)(C)C)CC1)c1ccccc1Br.COC(=O)c1c(C)n(C(C)C2CCN(C(=O)OC(C)(C)C)CC2)c2ccccc12.CS(=O)(=O)O.Nc1ccccc1-c1[c-]cccc1.[Pd]. The molecular weight excluding hydrogens is 1600 g/mol. The van der Waals surface area contributed by atoms with Crippen molar-refractivity contribution in [2.75, 3.05) is 52.4 Å². The van der Waals surface area contributed by atoms with E-state index in [1.165, 1.54) is 84.0 Å². The number of nitrogens with two attached hydrogens (primary N) is 1. The molecule has 2 saturated heterocycles. The number of ether oxygens (including phenoxy) is 6. The molecule has 2 saturated carbocycles. The third-order valence-corrected chi connectivity index (χ3v) is 24.4. The number of nitrogen functional groups attached to an aromatic ring is 1. The molecule has 0 radical (unpaired) electrons. The summed E-state index contributed by atoms with van der Waals surface area (Å²) in [6.45, 7) is 30.7. The normalized spacial score (nSPS) is 16.1. The number of esters is 2. The van der Waals surface area contributed by atoms with Crippen LogP contribution in [-0.4, -0.2) is 139 Å². The number of aromatic nitrogens is 1. The minimum Gasteiger partial charge on any atom is -0.490 e. The maximum absolute atomic E-state index is 12.5. The van der Waals surface area contributed by atoms with E-state index in [1.807, 2.05) is 146 Å². The van der Waals surface area contributed by atoms with Crippen molar-refractivity contribution in [1.82, 2.24) is 19.7 Å². The van der Waals surface area contributed by atoms with Gasteiger partial charge in [-0.2, -0.15) is 8.42 Å². The second-order valence-corrected chi connectivity index (χ2v) is 36.7. The molecule has 1 aromatic heterocycles. The first-order chi connectivity index (χ1) is 52.1. The van der Waals surface area contributed by atoms with Gasteiger partial charge in [-0.1, -0.05) is 153 Å². The van der Waals surface area contributed by atoms with Gasteiger partial charge in [0.1, 0.15) is 22.7 Å². The van der Waals surface area contributed by atoms with E-state index in [2.05, 4.69) is 122 Å². The van der Waals surface area contributed by atoms with Gasteiger partial charge in [0.2, 0.25) is 0 Å². The standard InChI is InChI=1S/C30H43O2P.C23H33BrN2O4.C23H32N2O4.C12H10N.CH4O3S.Pd/c1-22(2)31-27-19-13-20-28(32-23(3)4)30(27)26-18-11-12-21-29(26)33(24-14-7-5-8-15-24)25-16-9-6-10-17-25;1-15(17-11-13-26(14-12-17)22(28)30-23(3,4)5)25-16(2)20(21(27)29-6)18-9-7-8-10-19(18)24;1-15(17-11-13-24(14-12-17)22(27)29-23(3,4)5)25-16(2)20(21(26)28-6)18-9-7-8-10-19(18)25;13-12-9-5-4-8-11(12)10-6-2-1-3-7-10;1-5(2,3)4;/h11-13,18-25H,5-10,14-17H2,1-4H3;7-10,15,17,25H,11-14H2,1-6H3;7-10,15,17H,11-14H2,1-6H3;1-6,8-9H,13H2;1H3,(H,2,3,4);/q;;;-1;;/b;20-16-;;;;. The maximum atomic E-state index is 12.5. The molecule has 18 nitrogen and oxygen atoms in total. The van der Waals surface area contributed by atoms with Gasteiger partial charge in [-0.15, -0.1) is 35.9 Å². The molecule has 22 heteroatoms. The number of para-hydroxylation sites is 2. The van der Waals surface area contributed by atoms with Crippen LogP contribution in [0.5, 0.6) is 11.5 Å². The van der Waals surface area contributed by atoms with Crippen LogP contribution in [-0.2, 0) is 54.3 Å². The number of fused-ring (bicyclic) bond motifs is 1. The molecule has 2 aliphatic carbocycles. The Morgan fingerprint density at radius 2 is 1.08 bits per heavy atom. The number of hydrogen-bond acceptors (Lipinski definition) is 14. The van der Waals surface area contributed by atoms with Crippen LogP contribution in [0, 0.1) is 24.8 Å². The van der Waals surface area contributed by atoms with E-state index in [4.69, 9.17) is 38.7 Å². The third kappa shape index (κ3) is 28.1. The second-order valence-electron chi connectivity index (χ2n) is 31.7. The van der Waals surface area contributed by atoms with Gasteiger partial charge in [0.15, 0.2) is 0 Å². The molecule has 111 heavy (non-hydrogen) atoms. The van der Waals surface area contributed by atoms with E-state index in [0.29, 0.717) is 55.4 Å². The topological polar surface area (TPSA) is 227 Å². The molecule has 4 aliphatic rings. The fourth-order valence-corrected chi connectivity index (χ4v) is 19.6. The largest absolute Gasteiger partial charge is 0.490 e. The molecule has 2 amide bonds.